The van der Waals surface area contributed by atoms with E-state index in [0.29, 0.717) is 17.7 Å². The average Bonchev–Trinajstić information content (AvgIpc) is 3.04. The van der Waals surface area contributed by atoms with E-state index in [1.54, 1.807) is 23.8 Å². The van der Waals surface area contributed by atoms with E-state index in [2.05, 4.69) is 28.9 Å². The van der Waals surface area contributed by atoms with E-state index >= 15 is 0 Å². The monoisotopic (exact) mass is 328 g/mol. The van der Waals surface area contributed by atoms with Crippen LogP contribution in [0.5, 0.6) is 0 Å². The van der Waals surface area contributed by atoms with E-state index in [1.165, 1.54) is 11.3 Å². The predicted octanol–water partition coefficient (Wildman–Crippen LogP) is 2.26. The predicted molar refractivity (Wildman–Crippen MR) is 85.0 cm³/mol. The Labute approximate surface area is 129 Å². The molecule has 0 bridgehead atoms. The van der Waals surface area contributed by atoms with Gasteiger partial charge in [-0.3, -0.25) is 4.72 Å². The normalized spacial score (nSPS) is 12.0. The third kappa shape index (κ3) is 4.05. The Kier molecular flexibility index (Phi) is 5.02. The molecule has 0 aliphatic heterocycles. The number of nitrogens with one attached hydrogen (secondary N) is 2. The van der Waals surface area contributed by atoms with Crippen LogP contribution in [-0.4, -0.2) is 24.0 Å². The van der Waals surface area contributed by atoms with Gasteiger partial charge in [-0.05, 0) is 13.0 Å². The maximum atomic E-state index is 12.3. The number of sulfonamides is 1. The summed E-state index contributed by atoms with van der Waals surface area (Å²) in [6.45, 7) is 7.46. The van der Waals surface area contributed by atoms with Crippen LogP contribution in [0.1, 0.15) is 26.5 Å². The second-order valence-corrected chi connectivity index (χ2v) is 7.51. The Morgan fingerprint density at radius 3 is 2.76 bits per heavy atom. The van der Waals surface area contributed by atoms with Gasteiger partial charge >= 0.3 is 0 Å². The first-order chi connectivity index (χ1) is 9.92. The van der Waals surface area contributed by atoms with Gasteiger partial charge in [-0.2, -0.15) is 0 Å². The summed E-state index contributed by atoms with van der Waals surface area (Å²) >= 11 is 1.25. The quantitative estimate of drug-likeness (QED) is 0.817. The summed E-state index contributed by atoms with van der Waals surface area (Å²) in [4.78, 5) is 4.21. The van der Waals surface area contributed by atoms with Crippen molar-refractivity contribution in [3.8, 4) is 0 Å². The molecule has 0 aliphatic carbocycles. The van der Waals surface area contributed by atoms with E-state index in [-0.39, 0.29) is 4.90 Å². The van der Waals surface area contributed by atoms with Crippen LogP contribution in [0.3, 0.4) is 0 Å². The van der Waals surface area contributed by atoms with Crippen molar-refractivity contribution in [3.63, 3.8) is 0 Å². The molecule has 0 unspecified atom stereocenters. The molecule has 0 spiro atoms. The van der Waals surface area contributed by atoms with Crippen molar-refractivity contribution >= 4 is 26.5 Å². The average molecular weight is 328 g/mol. The van der Waals surface area contributed by atoms with E-state index < -0.39 is 10.0 Å². The van der Waals surface area contributed by atoms with Crippen molar-refractivity contribution in [1.29, 1.82) is 0 Å². The third-order valence-corrected chi connectivity index (χ3v) is 5.08. The number of aromatic nitrogens is 2. The van der Waals surface area contributed by atoms with Crippen molar-refractivity contribution in [2.24, 2.45) is 0 Å². The molecule has 0 aromatic carbocycles. The van der Waals surface area contributed by atoms with Gasteiger partial charge in [0.05, 0.1) is 0 Å². The van der Waals surface area contributed by atoms with Gasteiger partial charge in [-0.1, -0.05) is 13.8 Å². The molecule has 8 heteroatoms. The van der Waals surface area contributed by atoms with Crippen molar-refractivity contribution < 1.29 is 8.42 Å². The summed E-state index contributed by atoms with van der Waals surface area (Å²) in [6.07, 6.45) is 3.23. The molecule has 0 saturated heterocycles. The first-order valence-electron chi connectivity index (χ1n) is 6.77. The number of thiazole rings is 1. The van der Waals surface area contributed by atoms with Gasteiger partial charge in [-0.15, -0.1) is 11.3 Å². The van der Waals surface area contributed by atoms with Crippen LogP contribution in [0.15, 0.2) is 28.7 Å². The zero-order valence-electron chi connectivity index (χ0n) is 12.3. The molecular formula is C13H20N4O2S2. The van der Waals surface area contributed by atoms with Gasteiger partial charge in [0.15, 0.2) is 5.13 Å². The van der Waals surface area contributed by atoms with E-state index in [0.717, 1.165) is 12.2 Å². The minimum absolute atomic E-state index is 0.264. The molecule has 2 heterocycles. The Hall–Kier alpha value is -1.38. The van der Waals surface area contributed by atoms with E-state index in [4.69, 9.17) is 0 Å². The highest BCUT2D eigenvalue weighted by molar-refractivity contribution is 7.93. The minimum Gasteiger partial charge on any atom is -0.349 e. The van der Waals surface area contributed by atoms with Crippen molar-refractivity contribution in [2.75, 3.05) is 4.72 Å². The standard InChI is InChI=1S/C13H20N4O2S2/c1-4-17-9-12(7-11(17)8-15-10(2)3)21(18,19)16-13-14-5-6-20-13/h5-7,9-10,15H,4,8H2,1-3H3,(H,14,16). The Morgan fingerprint density at radius 1 is 1.43 bits per heavy atom. The second-order valence-electron chi connectivity index (χ2n) is 4.93. The summed E-state index contributed by atoms with van der Waals surface area (Å²) in [5.74, 6) is 0. The Morgan fingerprint density at radius 2 is 2.19 bits per heavy atom. The SMILES string of the molecule is CCn1cc(S(=O)(=O)Nc2nccs2)cc1CNC(C)C. The molecule has 0 atom stereocenters. The van der Waals surface area contributed by atoms with Crippen LogP contribution in [0.25, 0.3) is 0 Å². The van der Waals surface area contributed by atoms with Gasteiger partial charge in [0, 0.05) is 42.6 Å². The van der Waals surface area contributed by atoms with E-state index in [1.807, 2.05) is 11.5 Å². The van der Waals surface area contributed by atoms with Crippen LogP contribution in [-0.2, 0) is 23.1 Å². The lowest BCUT2D eigenvalue weighted by atomic mass is 10.3. The molecular weight excluding hydrogens is 308 g/mol. The molecule has 6 nitrogen and oxygen atoms in total. The fourth-order valence-corrected chi connectivity index (χ4v) is 3.72. The lowest BCUT2D eigenvalue weighted by Crippen LogP contribution is -2.23. The third-order valence-electron chi connectivity index (χ3n) is 2.96. The minimum atomic E-state index is -3.58. The first-order valence-corrected chi connectivity index (χ1v) is 9.13. The molecule has 0 fully saturated rings. The summed E-state index contributed by atoms with van der Waals surface area (Å²) in [6, 6.07) is 2.05. The maximum Gasteiger partial charge on any atom is 0.265 e. The zero-order chi connectivity index (χ0) is 15.5. The molecule has 21 heavy (non-hydrogen) atoms. The first kappa shape index (κ1) is 16.0. The Bertz CT molecular complexity index is 675. The van der Waals surface area contributed by atoms with Gasteiger partial charge in [0.25, 0.3) is 10.0 Å². The zero-order valence-corrected chi connectivity index (χ0v) is 14.0. The summed E-state index contributed by atoms with van der Waals surface area (Å²) in [7, 11) is -3.58. The highest BCUT2D eigenvalue weighted by Crippen LogP contribution is 2.20. The highest BCUT2D eigenvalue weighted by atomic mass is 32.2. The number of anilines is 1. The van der Waals surface area contributed by atoms with Crippen LogP contribution in [0.4, 0.5) is 5.13 Å². The van der Waals surface area contributed by atoms with Crippen LogP contribution in [0, 0.1) is 0 Å². The molecule has 0 radical (unpaired) electrons. The molecule has 2 aromatic heterocycles. The highest BCUT2D eigenvalue weighted by Gasteiger charge is 2.19. The molecule has 2 N–H and O–H groups in total. The molecule has 0 saturated carbocycles. The lowest BCUT2D eigenvalue weighted by molar-refractivity contribution is 0.561. The summed E-state index contributed by atoms with van der Waals surface area (Å²) in [5.41, 5.74) is 0.950. The number of aryl methyl sites for hydroxylation is 1. The van der Waals surface area contributed by atoms with E-state index in [9.17, 15) is 8.42 Å². The second kappa shape index (κ2) is 6.59. The van der Waals surface area contributed by atoms with Gasteiger partial charge in [0.2, 0.25) is 0 Å². The Balaban J connectivity index is 2.23. The maximum absolute atomic E-state index is 12.3. The van der Waals surface area contributed by atoms with Crippen molar-refractivity contribution in [3.05, 3.63) is 29.5 Å². The fourth-order valence-electron chi connectivity index (χ4n) is 1.87. The molecule has 0 amide bonds. The molecule has 116 valence electrons. The molecule has 0 aliphatic rings. The van der Waals surface area contributed by atoms with Crippen LogP contribution >= 0.6 is 11.3 Å². The summed E-state index contributed by atoms with van der Waals surface area (Å²) < 4.78 is 29.1. The van der Waals surface area contributed by atoms with Gasteiger partial charge in [-0.25, -0.2) is 13.4 Å². The number of hydrogen-bond donors (Lipinski definition) is 2. The number of rotatable bonds is 7. The summed E-state index contributed by atoms with van der Waals surface area (Å²) in [5, 5.41) is 5.41. The van der Waals surface area contributed by atoms with Crippen molar-refractivity contribution in [2.45, 2.75) is 44.8 Å². The molecule has 2 rings (SSSR count). The number of hydrogen-bond acceptors (Lipinski definition) is 5. The van der Waals surface area contributed by atoms with Gasteiger partial charge in [0.1, 0.15) is 4.90 Å². The molecule has 2 aromatic rings. The fraction of sp³-hybridized carbons (Fsp3) is 0.462. The van der Waals surface area contributed by atoms with Gasteiger partial charge < -0.3 is 9.88 Å². The van der Waals surface area contributed by atoms with Crippen LogP contribution < -0.4 is 10.0 Å². The number of nitrogens with zero attached hydrogens (tertiary/aromatic N) is 2. The topological polar surface area (TPSA) is 76.0 Å². The smallest absolute Gasteiger partial charge is 0.265 e. The largest absolute Gasteiger partial charge is 0.349 e. The van der Waals surface area contributed by atoms with Crippen LogP contribution in [0.2, 0.25) is 0 Å². The lowest BCUT2D eigenvalue weighted by Gasteiger charge is -2.09. The van der Waals surface area contributed by atoms with Crippen molar-refractivity contribution in [1.82, 2.24) is 14.9 Å².